The quantitative estimate of drug-likeness (QED) is 0.436. The van der Waals surface area contributed by atoms with E-state index in [1.54, 1.807) is 0 Å². The summed E-state index contributed by atoms with van der Waals surface area (Å²) in [5.74, 6) is 0.653. The van der Waals surface area contributed by atoms with Gasteiger partial charge in [-0.15, -0.1) is 11.6 Å². The highest BCUT2D eigenvalue weighted by Crippen LogP contribution is 1.88. The second-order valence-corrected chi connectivity index (χ2v) is 1.50. The molecule has 0 spiro atoms. The lowest BCUT2D eigenvalue weighted by Crippen LogP contribution is -1.51. The summed E-state index contributed by atoms with van der Waals surface area (Å²) in [4.78, 5) is 0. The first kappa shape index (κ1) is 5.02. The highest BCUT2D eigenvalue weighted by Gasteiger charge is 1.62. The Morgan fingerprint density at radius 3 is 2.25 bits per heavy atom. The summed E-state index contributed by atoms with van der Waals surface area (Å²) in [5.41, 5.74) is 0. The van der Waals surface area contributed by atoms with Crippen molar-refractivity contribution in [2.45, 2.75) is 0 Å². The molecule has 2 heteroatoms. The van der Waals surface area contributed by atoms with Gasteiger partial charge in [-0.25, -0.2) is 0 Å². The van der Waals surface area contributed by atoms with Gasteiger partial charge < -0.3 is 0 Å². The monoisotopic (exact) mass is 189 g/mol. The van der Waals surface area contributed by atoms with Crippen LogP contribution in [0.3, 0.4) is 0 Å². The fourth-order valence-corrected chi connectivity index (χ4v) is 0. The van der Waals surface area contributed by atoms with Crippen LogP contribution in [-0.2, 0) is 0 Å². The Labute approximate surface area is 44.7 Å². The Morgan fingerprint density at radius 1 is 2.00 bits per heavy atom. The third-order valence-corrected chi connectivity index (χ3v) is 1.17. The minimum absolute atomic E-state index is 0.653. The molecular weight excluding hydrogens is 186 g/mol. The summed E-state index contributed by atoms with van der Waals surface area (Å²) in [6, 6.07) is 0. The Bertz CT molecular complexity index is 8.00. The molecule has 0 aliphatic rings. The van der Waals surface area contributed by atoms with Crippen molar-refractivity contribution in [2.24, 2.45) is 0 Å². The van der Waals surface area contributed by atoms with Gasteiger partial charge in [-0.3, -0.25) is 0 Å². The fraction of sp³-hybridized carbons (Fsp3) is 0.500. The van der Waals surface area contributed by atoms with Crippen LogP contribution in [0.2, 0.25) is 0 Å². The van der Waals surface area contributed by atoms with E-state index in [4.69, 9.17) is 11.6 Å². The van der Waals surface area contributed by atoms with Crippen molar-refractivity contribution in [2.75, 3.05) is 5.88 Å². The molecule has 0 aliphatic heterocycles. The van der Waals surface area contributed by atoms with E-state index in [1.807, 2.05) is 4.43 Å². The van der Waals surface area contributed by atoms with Crippen LogP contribution in [-0.4, -0.2) is 5.88 Å². The molecule has 0 atom stereocenters. The first-order chi connectivity index (χ1) is 1.91. The van der Waals surface area contributed by atoms with Crippen molar-refractivity contribution >= 4 is 34.2 Å². The smallest absolute Gasteiger partial charge is 0.0374 e. The molecule has 4 heavy (non-hydrogen) atoms. The predicted molar refractivity (Wildman–Crippen MR) is 29.0 cm³/mol. The number of hydrogen-bond acceptors (Lipinski definition) is 0. The Kier molecular flexibility index (Phi) is 5.05. The fourth-order valence-electron chi connectivity index (χ4n) is 0. The maximum atomic E-state index is 5.12. The van der Waals surface area contributed by atoms with E-state index in [-0.39, 0.29) is 0 Å². The lowest BCUT2D eigenvalue weighted by atomic mass is 11.0. The molecule has 0 saturated heterocycles. The van der Waals surface area contributed by atoms with Crippen LogP contribution in [0, 0.1) is 4.43 Å². The van der Waals surface area contributed by atoms with Crippen LogP contribution < -0.4 is 0 Å². The standard InChI is InChI=1S/C2H3ClI/c3-1-2-4/h2H,1H2. The Morgan fingerprint density at radius 2 is 2.25 bits per heavy atom. The summed E-state index contributed by atoms with van der Waals surface area (Å²) >= 11 is 7.22. The van der Waals surface area contributed by atoms with Gasteiger partial charge in [0.25, 0.3) is 0 Å². The molecule has 25 valence electrons. The van der Waals surface area contributed by atoms with E-state index in [0.717, 1.165) is 0 Å². The highest BCUT2D eigenvalue weighted by atomic mass is 127. The van der Waals surface area contributed by atoms with Gasteiger partial charge in [0.1, 0.15) is 0 Å². The van der Waals surface area contributed by atoms with Gasteiger partial charge in [-0.1, -0.05) is 22.6 Å². The second kappa shape index (κ2) is 4.02. The molecule has 0 rings (SSSR count). The topological polar surface area (TPSA) is 0 Å². The number of halogens is 2. The van der Waals surface area contributed by atoms with Crippen molar-refractivity contribution in [3.05, 3.63) is 4.43 Å². The van der Waals surface area contributed by atoms with E-state index in [9.17, 15) is 0 Å². The second-order valence-electron chi connectivity index (χ2n) is 0.309. The maximum Gasteiger partial charge on any atom is 0.0374 e. The molecule has 0 fully saturated rings. The summed E-state index contributed by atoms with van der Waals surface area (Å²) < 4.78 is 1.86. The summed E-state index contributed by atoms with van der Waals surface area (Å²) in [7, 11) is 0. The van der Waals surface area contributed by atoms with E-state index < -0.39 is 0 Å². The van der Waals surface area contributed by atoms with E-state index in [0.29, 0.717) is 5.88 Å². The van der Waals surface area contributed by atoms with Crippen molar-refractivity contribution in [1.29, 1.82) is 0 Å². The van der Waals surface area contributed by atoms with Crippen LogP contribution in [0.4, 0.5) is 0 Å². The molecule has 0 N–H and O–H groups in total. The molecule has 0 saturated carbocycles. The minimum atomic E-state index is 0.653. The third kappa shape index (κ3) is 3.02. The normalized spacial score (nSPS) is 7.50. The molecule has 0 aliphatic carbocycles. The number of alkyl halides is 1. The zero-order valence-electron chi connectivity index (χ0n) is 2.04. The minimum Gasteiger partial charge on any atom is -0.126 e. The lowest BCUT2D eigenvalue weighted by molar-refractivity contribution is 1.78. The molecule has 0 bridgehead atoms. The molecule has 0 aromatic carbocycles. The maximum absolute atomic E-state index is 5.12. The van der Waals surface area contributed by atoms with Crippen LogP contribution >= 0.6 is 34.2 Å². The predicted octanol–water partition coefficient (Wildman–Crippen LogP) is 1.82. The SMILES string of the molecule is ClC[CH]I. The summed E-state index contributed by atoms with van der Waals surface area (Å²) in [5, 5.41) is 0. The summed E-state index contributed by atoms with van der Waals surface area (Å²) in [6.45, 7) is 0. The first-order valence-corrected chi connectivity index (χ1v) is 2.67. The van der Waals surface area contributed by atoms with Crippen LogP contribution in [0.25, 0.3) is 0 Å². The number of rotatable bonds is 1. The van der Waals surface area contributed by atoms with E-state index in [2.05, 4.69) is 22.6 Å². The zero-order valence-corrected chi connectivity index (χ0v) is 4.95. The van der Waals surface area contributed by atoms with Gasteiger partial charge in [0, 0.05) is 10.3 Å². The highest BCUT2D eigenvalue weighted by molar-refractivity contribution is 14.1. The van der Waals surface area contributed by atoms with Crippen molar-refractivity contribution < 1.29 is 0 Å². The average molecular weight is 189 g/mol. The van der Waals surface area contributed by atoms with E-state index in [1.165, 1.54) is 0 Å². The Hall–Kier alpha value is 1.02. The van der Waals surface area contributed by atoms with Crippen LogP contribution in [0.1, 0.15) is 0 Å². The number of hydrogen-bond donors (Lipinski definition) is 0. The van der Waals surface area contributed by atoms with Crippen molar-refractivity contribution in [3.63, 3.8) is 0 Å². The molecule has 1 radical (unpaired) electrons. The third-order valence-electron chi connectivity index (χ3n) is 0.0583. The van der Waals surface area contributed by atoms with Gasteiger partial charge in [0.2, 0.25) is 0 Å². The summed E-state index contributed by atoms with van der Waals surface area (Å²) in [6.07, 6.45) is 0. The molecular formula is C2H3ClI. The lowest BCUT2D eigenvalue weighted by Gasteiger charge is -1.62. The largest absolute Gasteiger partial charge is 0.126 e. The molecule has 0 amide bonds. The van der Waals surface area contributed by atoms with E-state index >= 15 is 0 Å². The molecule has 0 heterocycles. The Balaban J connectivity index is 1.97. The molecule has 0 nitrogen and oxygen atoms in total. The molecule has 0 aromatic rings. The molecule has 0 aromatic heterocycles. The van der Waals surface area contributed by atoms with Gasteiger partial charge >= 0.3 is 0 Å². The zero-order chi connectivity index (χ0) is 3.41. The van der Waals surface area contributed by atoms with Gasteiger partial charge in [-0.05, 0) is 0 Å². The van der Waals surface area contributed by atoms with Crippen LogP contribution in [0.15, 0.2) is 0 Å². The van der Waals surface area contributed by atoms with Gasteiger partial charge in [0.15, 0.2) is 0 Å². The van der Waals surface area contributed by atoms with Crippen molar-refractivity contribution in [3.8, 4) is 0 Å². The van der Waals surface area contributed by atoms with Crippen LogP contribution in [0.5, 0.6) is 0 Å². The van der Waals surface area contributed by atoms with Gasteiger partial charge in [-0.2, -0.15) is 0 Å². The van der Waals surface area contributed by atoms with Crippen molar-refractivity contribution in [1.82, 2.24) is 0 Å². The molecule has 0 unspecified atom stereocenters. The van der Waals surface area contributed by atoms with Gasteiger partial charge in [0.05, 0.1) is 0 Å². The first-order valence-electron chi connectivity index (χ1n) is 0.894. The average Bonchev–Trinajstić information content (AvgIpc) is 1.37.